The van der Waals surface area contributed by atoms with Crippen LogP contribution in [0, 0.1) is 0 Å². The van der Waals surface area contributed by atoms with Gasteiger partial charge in [-0.05, 0) is 66.8 Å². The Morgan fingerprint density at radius 2 is 1.52 bits per heavy atom. The summed E-state index contributed by atoms with van der Waals surface area (Å²) in [6, 6.07) is 23.6. The molecular weight excluding hydrogens is 436 g/mol. The summed E-state index contributed by atoms with van der Waals surface area (Å²) in [6.45, 7) is 0. The molecule has 8 heteroatoms. The third-order valence-electron chi connectivity index (χ3n) is 4.93. The lowest BCUT2D eigenvalue weighted by molar-refractivity contribution is -0.122. The third-order valence-corrected chi connectivity index (χ3v) is 5.22. The first-order valence-corrected chi connectivity index (χ1v) is 10.5. The number of carbonyl (C=O) groups excluding carboxylic acids is 2. The minimum atomic E-state index is -0.583. The van der Waals surface area contributed by atoms with Crippen LogP contribution >= 0.6 is 12.2 Å². The minimum absolute atomic E-state index is 0.00322. The number of ether oxygens (including phenoxy) is 1. The first kappa shape index (κ1) is 20.5. The molecule has 0 unspecified atom stereocenters. The number of hydrogen-bond acceptors (Lipinski definition) is 6. The second-order valence-electron chi connectivity index (χ2n) is 7.15. The summed E-state index contributed by atoms with van der Waals surface area (Å²) in [5.74, 6) is 0.172. The highest BCUT2D eigenvalue weighted by atomic mass is 32.1. The maximum atomic E-state index is 13.2. The number of benzene rings is 3. The van der Waals surface area contributed by atoms with Gasteiger partial charge in [0.1, 0.15) is 17.1 Å². The Bertz CT molecular complexity index is 1420. The van der Waals surface area contributed by atoms with E-state index in [9.17, 15) is 9.59 Å². The van der Waals surface area contributed by atoms with Crippen LogP contribution in [0.1, 0.15) is 5.69 Å². The van der Waals surface area contributed by atoms with E-state index in [4.69, 9.17) is 17.0 Å². The summed E-state index contributed by atoms with van der Waals surface area (Å²) in [6.07, 6.45) is 2.93. The summed E-state index contributed by atoms with van der Waals surface area (Å²) in [5.41, 5.74) is 2.20. The number of anilines is 1. The predicted octanol–water partition coefficient (Wildman–Crippen LogP) is 4.25. The van der Waals surface area contributed by atoms with Gasteiger partial charge in [0.05, 0.1) is 28.6 Å². The fourth-order valence-electron chi connectivity index (χ4n) is 3.37. The average molecular weight is 452 g/mol. The van der Waals surface area contributed by atoms with E-state index >= 15 is 0 Å². The summed E-state index contributed by atoms with van der Waals surface area (Å²) in [5, 5.41) is 2.57. The van der Waals surface area contributed by atoms with E-state index in [1.807, 2.05) is 54.6 Å². The quantitative estimate of drug-likeness (QED) is 0.283. The highest BCUT2D eigenvalue weighted by molar-refractivity contribution is 7.80. The first-order chi connectivity index (χ1) is 16.1. The molecular formula is C25H16N4O3S. The van der Waals surface area contributed by atoms with Crippen LogP contribution < -0.4 is 15.0 Å². The minimum Gasteiger partial charge on any atom is -0.457 e. The lowest BCUT2D eigenvalue weighted by atomic mass is 10.1. The third kappa shape index (κ3) is 4.19. The molecule has 0 atom stereocenters. The molecule has 7 nitrogen and oxygen atoms in total. The van der Waals surface area contributed by atoms with E-state index in [-0.39, 0.29) is 10.7 Å². The van der Waals surface area contributed by atoms with Crippen LogP contribution in [-0.2, 0) is 9.59 Å². The predicted molar refractivity (Wildman–Crippen MR) is 129 cm³/mol. The topological polar surface area (TPSA) is 84.4 Å². The maximum absolute atomic E-state index is 13.2. The SMILES string of the molecule is O=C1NC(=S)N(c2ccc(Oc3ccccc3)cc2)C(=O)/C1=C/c1cnc2ccccc2n1. The van der Waals surface area contributed by atoms with E-state index < -0.39 is 11.8 Å². The zero-order valence-corrected chi connectivity index (χ0v) is 18.0. The van der Waals surface area contributed by atoms with Crippen LogP contribution in [-0.4, -0.2) is 26.9 Å². The summed E-state index contributed by atoms with van der Waals surface area (Å²) < 4.78 is 5.79. The number of hydrogen-bond donors (Lipinski definition) is 1. The number of para-hydroxylation sites is 3. The summed E-state index contributed by atoms with van der Waals surface area (Å²) >= 11 is 5.27. The van der Waals surface area contributed by atoms with Crippen LogP contribution in [0.3, 0.4) is 0 Å². The number of nitrogens with zero attached hydrogens (tertiary/aromatic N) is 3. The largest absolute Gasteiger partial charge is 0.457 e. The van der Waals surface area contributed by atoms with Crippen LogP contribution in [0.5, 0.6) is 11.5 Å². The second-order valence-corrected chi connectivity index (χ2v) is 7.54. The number of carbonyl (C=O) groups is 2. The molecule has 33 heavy (non-hydrogen) atoms. The molecule has 2 amide bonds. The monoisotopic (exact) mass is 452 g/mol. The van der Waals surface area contributed by atoms with E-state index in [0.29, 0.717) is 28.4 Å². The van der Waals surface area contributed by atoms with E-state index in [1.54, 1.807) is 24.3 Å². The first-order valence-electron chi connectivity index (χ1n) is 10.0. The Morgan fingerprint density at radius 1 is 0.848 bits per heavy atom. The fraction of sp³-hybridized carbons (Fsp3) is 0. The van der Waals surface area contributed by atoms with Gasteiger partial charge in [-0.15, -0.1) is 0 Å². The van der Waals surface area contributed by atoms with Crippen LogP contribution in [0.2, 0.25) is 0 Å². The molecule has 1 aliphatic rings. The van der Waals surface area contributed by atoms with Crippen molar-refractivity contribution in [2.45, 2.75) is 0 Å². The highest BCUT2D eigenvalue weighted by Gasteiger charge is 2.34. The van der Waals surface area contributed by atoms with E-state index in [1.165, 1.54) is 17.2 Å². The van der Waals surface area contributed by atoms with Crippen molar-refractivity contribution in [2.24, 2.45) is 0 Å². The Morgan fingerprint density at radius 3 is 2.27 bits per heavy atom. The Labute approximate surface area is 194 Å². The van der Waals surface area contributed by atoms with Gasteiger partial charge in [0.15, 0.2) is 5.11 Å². The highest BCUT2D eigenvalue weighted by Crippen LogP contribution is 2.27. The van der Waals surface area contributed by atoms with Gasteiger partial charge in [0.2, 0.25) is 0 Å². The van der Waals surface area contributed by atoms with Crippen molar-refractivity contribution in [1.29, 1.82) is 0 Å². The normalized spacial score (nSPS) is 15.1. The average Bonchev–Trinajstić information content (AvgIpc) is 2.83. The molecule has 0 spiro atoms. The van der Waals surface area contributed by atoms with Crippen molar-refractivity contribution in [3.63, 3.8) is 0 Å². The lowest BCUT2D eigenvalue weighted by Crippen LogP contribution is -2.54. The van der Waals surface area contributed by atoms with E-state index in [2.05, 4.69) is 15.3 Å². The van der Waals surface area contributed by atoms with Gasteiger partial charge in [-0.25, -0.2) is 4.98 Å². The van der Waals surface area contributed by atoms with Crippen LogP contribution in [0.25, 0.3) is 17.1 Å². The van der Waals surface area contributed by atoms with Crippen molar-refractivity contribution in [3.05, 3.63) is 96.3 Å². The van der Waals surface area contributed by atoms with E-state index in [0.717, 1.165) is 5.52 Å². The molecule has 1 aromatic heterocycles. The van der Waals surface area contributed by atoms with Crippen molar-refractivity contribution < 1.29 is 14.3 Å². The van der Waals surface area contributed by atoms with Gasteiger partial charge in [0, 0.05) is 0 Å². The Kier molecular flexibility index (Phi) is 5.34. The van der Waals surface area contributed by atoms with Crippen molar-refractivity contribution in [2.75, 3.05) is 4.90 Å². The smallest absolute Gasteiger partial charge is 0.270 e. The van der Waals surface area contributed by atoms with Crippen LogP contribution in [0.15, 0.2) is 90.6 Å². The molecule has 1 saturated heterocycles. The number of aromatic nitrogens is 2. The number of nitrogens with one attached hydrogen (secondary N) is 1. The van der Waals surface area contributed by atoms with Gasteiger partial charge in [-0.1, -0.05) is 30.3 Å². The molecule has 4 aromatic rings. The number of fused-ring (bicyclic) bond motifs is 1. The van der Waals surface area contributed by atoms with Crippen molar-refractivity contribution >= 4 is 51.9 Å². The van der Waals surface area contributed by atoms with Gasteiger partial charge < -0.3 is 4.74 Å². The lowest BCUT2D eigenvalue weighted by Gasteiger charge is -2.29. The second kappa shape index (κ2) is 8.60. The molecule has 3 aromatic carbocycles. The molecule has 1 fully saturated rings. The molecule has 0 radical (unpaired) electrons. The molecule has 1 aliphatic heterocycles. The van der Waals surface area contributed by atoms with Crippen molar-refractivity contribution in [3.8, 4) is 11.5 Å². The van der Waals surface area contributed by atoms with Gasteiger partial charge >= 0.3 is 0 Å². The van der Waals surface area contributed by atoms with Crippen LogP contribution in [0.4, 0.5) is 5.69 Å². The number of amides is 2. The molecule has 5 rings (SSSR count). The molecule has 1 N–H and O–H groups in total. The molecule has 0 saturated carbocycles. The molecule has 0 bridgehead atoms. The molecule has 160 valence electrons. The van der Waals surface area contributed by atoms with Gasteiger partial charge in [-0.2, -0.15) is 0 Å². The molecule has 2 heterocycles. The number of rotatable bonds is 4. The maximum Gasteiger partial charge on any atom is 0.270 e. The zero-order chi connectivity index (χ0) is 22.8. The molecule has 0 aliphatic carbocycles. The standard InChI is InChI=1S/C25H16N4O3S/c30-23-20(14-16-15-26-21-8-4-5-9-22(21)27-16)24(31)29(25(33)28-23)17-10-12-19(13-11-17)32-18-6-2-1-3-7-18/h1-15H,(H,28,30,33)/b20-14+. The van der Waals surface area contributed by atoms with Gasteiger partial charge in [-0.3, -0.25) is 24.8 Å². The van der Waals surface area contributed by atoms with Gasteiger partial charge in [0.25, 0.3) is 11.8 Å². The zero-order valence-electron chi connectivity index (χ0n) is 17.1. The Balaban J connectivity index is 1.43. The number of thiocarbonyl (C=S) groups is 1. The fourth-order valence-corrected chi connectivity index (χ4v) is 3.65. The summed E-state index contributed by atoms with van der Waals surface area (Å²) in [4.78, 5) is 35.8. The summed E-state index contributed by atoms with van der Waals surface area (Å²) in [7, 11) is 0. The Hall–Kier alpha value is -4.43. The van der Waals surface area contributed by atoms with Crippen molar-refractivity contribution in [1.82, 2.24) is 15.3 Å².